The molecule has 0 saturated heterocycles. The van der Waals surface area contributed by atoms with Crippen LogP contribution in [0.2, 0.25) is 5.02 Å². The summed E-state index contributed by atoms with van der Waals surface area (Å²) in [7, 11) is 2.29. The van der Waals surface area contributed by atoms with Crippen LogP contribution in [0.5, 0.6) is 0 Å². The molecule has 20 heavy (non-hydrogen) atoms. The molecule has 0 fully saturated rings. The molecular formula is C12H10BrClFNO4. The van der Waals surface area contributed by atoms with Crippen molar-refractivity contribution in [3.05, 3.63) is 39.2 Å². The van der Waals surface area contributed by atoms with Gasteiger partial charge in [0.25, 0.3) is 0 Å². The number of benzene rings is 1. The van der Waals surface area contributed by atoms with Crippen LogP contribution in [0, 0.1) is 5.82 Å². The lowest BCUT2D eigenvalue weighted by Gasteiger charge is -2.11. The first-order valence-corrected chi connectivity index (χ1v) is 6.35. The van der Waals surface area contributed by atoms with Crippen LogP contribution >= 0.6 is 27.5 Å². The Balaban J connectivity index is 3.17. The van der Waals surface area contributed by atoms with E-state index in [1.54, 1.807) is 0 Å². The van der Waals surface area contributed by atoms with Crippen molar-refractivity contribution < 1.29 is 23.5 Å². The molecule has 8 heteroatoms. The zero-order valence-corrected chi connectivity index (χ0v) is 12.8. The van der Waals surface area contributed by atoms with Crippen molar-refractivity contribution in [2.75, 3.05) is 19.5 Å². The fourth-order valence-electron chi connectivity index (χ4n) is 1.22. The van der Waals surface area contributed by atoms with Crippen molar-refractivity contribution in [2.24, 2.45) is 0 Å². The first kappa shape index (κ1) is 16.5. The van der Waals surface area contributed by atoms with Crippen molar-refractivity contribution in [3.63, 3.8) is 0 Å². The molecule has 5 nitrogen and oxygen atoms in total. The summed E-state index contributed by atoms with van der Waals surface area (Å²) in [6, 6.07) is 2.23. The van der Waals surface area contributed by atoms with Gasteiger partial charge in [-0.05, 0) is 28.1 Å². The van der Waals surface area contributed by atoms with Crippen LogP contribution in [-0.2, 0) is 19.1 Å². The van der Waals surface area contributed by atoms with E-state index in [1.807, 2.05) is 0 Å². The van der Waals surface area contributed by atoms with E-state index in [9.17, 15) is 14.0 Å². The summed E-state index contributed by atoms with van der Waals surface area (Å²) in [5.74, 6) is -2.18. The molecule has 0 bridgehead atoms. The minimum atomic E-state index is -0.827. The molecule has 0 aromatic heterocycles. The predicted octanol–water partition coefficient (Wildman–Crippen LogP) is 2.88. The average molecular weight is 367 g/mol. The Labute approximate surface area is 127 Å². The van der Waals surface area contributed by atoms with Gasteiger partial charge >= 0.3 is 11.9 Å². The van der Waals surface area contributed by atoms with Crippen molar-refractivity contribution in [2.45, 2.75) is 0 Å². The Bertz CT molecular complexity index is 577. The summed E-state index contributed by atoms with van der Waals surface area (Å²) >= 11 is 9.02. The van der Waals surface area contributed by atoms with Crippen LogP contribution in [-0.4, -0.2) is 26.2 Å². The summed E-state index contributed by atoms with van der Waals surface area (Å²) in [5.41, 5.74) is -0.141. The Hall–Kier alpha value is -1.60. The zero-order valence-electron chi connectivity index (χ0n) is 10.5. The number of carbonyl (C=O) groups is 2. The van der Waals surface area contributed by atoms with Gasteiger partial charge < -0.3 is 14.8 Å². The van der Waals surface area contributed by atoms with E-state index in [0.29, 0.717) is 4.47 Å². The summed E-state index contributed by atoms with van der Waals surface area (Å²) < 4.78 is 22.5. The molecule has 1 aromatic carbocycles. The van der Waals surface area contributed by atoms with E-state index < -0.39 is 17.8 Å². The van der Waals surface area contributed by atoms with Gasteiger partial charge in [-0.2, -0.15) is 0 Å². The quantitative estimate of drug-likeness (QED) is 0.504. The minimum Gasteiger partial charge on any atom is -0.466 e. The maximum atomic E-state index is 13.3. The second kappa shape index (κ2) is 7.25. The first-order valence-electron chi connectivity index (χ1n) is 5.18. The molecule has 0 spiro atoms. The highest BCUT2D eigenvalue weighted by Crippen LogP contribution is 2.32. The van der Waals surface area contributed by atoms with Crippen molar-refractivity contribution in [3.8, 4) is 0 Å². The predicted molar refractivity (Wildman–Crippen MR) is 74.8 cm³/mol. The molecular weight excluding hydrogens is 356 g/mol. The molecule has 0 heterocycles. The fourth-order valence-corrected chi connectivity index (χ4v) is 1.81. The standard InChI is InChI=1S/C12H10BrClFNO4/c1-19-10(17)5-9(12(18)20-2)16-8-4-6(15)3-7(13)11(8)14/h3-5,16H,1-2H3/b9-5+. The number of nitrogens with one attached hydrogen (secondary N) is 1. The largest absolute Gasteiger partial charge is 0.466 e. The SMILES string of the molecule is COC(=O)/C=C(/Nc1cc(F)cc(Br)c1Cl)C(=O)OC. The summed E-state index contributed by atoms with van der Waals surface area (Å²) in [4.78, 5) is 22.7. The maximum Gasteiger partial charge on any atom is 0.354 e. The smallest absolute Gasteiger partial charge is 0.354 e. The second-order valence-corrected chi connectivity index (χ2v) is 4.68. The van der Waals surface area contributed by atoms with Gasteiger partial charge in [0.05, 0.1) is 31.0 Å². The van der Waals surface area contributed by atoms with Crippen molar-refractivity contribution in [1.29, 1.82) is 0 Å². The number of methoxy groups -OCH3 is 2. The number of ether oxygens (including phenoxy) is 2. The molecule has 0 radical (unpaired) electrons. The average Bonchev–Trinajstić information content (AvgIpc) is 2.42. The molecule has 108 valence electrons. The van der Waals surface area contributed by atoms with Gasteiger partial charge in [-0.25, -0.2) is 14.0 Å². The molecule has 0 aliphatic rings. The van der Waals surface area contributed by atoms with E-state index in [-0.39, 0.29) is 16.4 Å². The number of anilines is 1. The number of carbonyl (C=O) groups excluding carboxylic acids is 2. The third-order valence-corrected chi connectivity index (χ3v) is 3.39. The van der Waals surface area contributed by atoms with E-state index in [1.165, 1.54) is 0 Å². The summed E-state index contributed by atoms with van der Waals surface area (Å²) in [5, 5.41) is 2.67. The highest BCUT2D eigenvalue weighted by molar-refractivity contribution is 9.10. The van der Waals surface area contributed by atoms with Gasteiger partial charge in [0.15, 0.2) is 0 Å². The van der Waals surface area contributed by atoms with E-state index >= 15 is 0 Å². The molecule has 0 aliphatic carbocycles. The van der Waals surface area contributed by atoms with Crippen molar-refractivity contribution in [1.82, 2.24) is 0 Å². The molecule has 0 atom stereocenters. The third-order valence-electron chi connectivity index (χ3n) is 2.13. The summed E-state index contributed by atoms with van der Waals surface area (Å²) in [6.07, 6.45) is 0.876. The number of hydrogen-bond donors (Lipinski definition) is 1. The normalized spacial score (nSPS) is 10.9. The van der Waals surface area contributed by atoms with Crippen LogP contribution in [0.4, 0.5) is 10.1 Å². The topological polar surface area (TPSA) is 64.6 Å². The molecule has 0 saturated carbocycles. The number of rotatable bonds is 4. The Morgan fingerprint density at radius 2 is 2.00 bits per heavy atom. The highest BCUT2D eigenvalue weighted by atomic mass is 79.9. The van der Waals surface area contributed by atoms with E-state index in [4.69, 9.17) is 11.6 Å². The molecule has 1 aromatic rings. The Morgan fingerprint density at radius 1 is 1.35 bits per heavy atom. The number of hydrogen-bond acceptors (Lipinski definition) is 5. The van der Waals surface area contributed by atoms with Gasteiger partial charge in [-0.3, -0.25) is 0 Å². The molecule has 0 unspecified atom stereocenters. The number of halogens is 3. The number of esters is 2. The molecule has 0 amide bonds. The lowest BCUT2D eigenvalue weighted by Crippen LogP contribution is -2.15. The summed E-state index contributed by atoms with van der Waals surface area (Å²) in [6.45, 7) is 0. The first-order chi connectivity index (χ1) is 9.38. The molecule has 1 N–H and O–H groups in total. The van der Waals surface area contributed by atoms with Gasteiger partial charge in [-0.15, -0.1) is 0 Å². The lowest BCUT2D eigenvalue weighted by molar-refractivity contribution is -0.138. The lowest BCUT2D eigenvalue weighted by atomic mass is 10.3. The third kappa shape index (κ3) is 4.21. The van der Waals surface area contributed by atoms with Gasteiger partial charge in [0.2, 0.25) is 0 Å². The Kier molecular flexibility index (Phi) is 5.97. The van der Waals surface area contributed by atoms with E-state index in [2.05, 4.69) is 30.7 Å². The molecule has 0 aliphatic heterocycles. The van der Waals surface area contributed by atoms with Crippen molar-refractivity contribution >= 4 is 45.2 Å². The van der Waals surface area contributed by atoms with Crippen LogP contribution in [0.15, 0.2) is 28.4 Å². The van der Waals surface area contributed by atoms with Crippen LogP contribution < -0.4 is 5.32 Å². The second-order valence-electron chi connectivity index (χ2n) is 3.45. The van der Waals surface area contributed by atoms with E-state index in [0.717, 1.165) is 32.4 Å². The van der Waals surface area contributed by atoms with Gasteiger partial charge in [-0.1, -0.05) is 11.6 Å². The highest BCUT2D eigenvalue weighted by Gasteiger charge is 2.16. The maximum absolute atomic E-state index is 13.3. The van der Waals surface area contributed by atoms with Crippen LogP contribution in [0.3, 0.4) is 0 Å². The zero-order chi connectivity index (χ0) is 15.3. The van der Waals surface area contributed by atoms with Gasteiger partial charge in [0.1, 0.15) is 11.5 Å². The van der Waals surface area contributed by atoms with Crippen LogP contribution in [0.1, 0.15) is 0 Å². The van der Waals surface area contributed by atoms with Crippen LogP contribution in [0.25, 0.3) is 0 Å². The molecule has 1 rings (SSSR count). The Morgan fingerprint density at radius 3 is 2.55 bits per heavy atom. The van der Waals surface area contributed by atoms with Gasteiger partial charge in [0, 0.05) is 4.47 Å². The minimum absolute atomic E-state index is 0.0964. The fraction of sp³-hybridized carbons (Fsp3) is 0.167. The monoisotopic (exact) mass is 365 g/mol.